The minimum Gasteiger partial charge on any atom is -0.335 e. The average Bonchev–Trinajstić information content (AvgIpc) is 3.47. The number of amides is 2. The van der Waals surface area contributed by atoms with Gasteiger partial charge in [-0.2, -0.15) is 5.10 Å². The molecule has 0 saturated carbocycles. The fourth-order valence-electron chi connectivity index (χ4n) is 4.35. The number of fused-ring (bicyclic) bond motifs is 1. The van der Waals surface area contributed by atoms with Crippen LogP contribution >= 0.6 is 0 Å². The molecule has 2 aliphatic heterocycles. The van der Waals surface area contributed by atoms with Gasteiger partial charge in [-0.25, -0.2) is 9.07 Å². The van der Waals surface area contributed by atoms with Crippen molar-refractivity contribution in [3.63, 3.8) is 0 Å². The monoisotopic (exact) mass is 433 g/mol. The van der Waals surface area contributed by atoms with Crippen LogP contribution in [-0.2, 0) is 11.2 Å². The minimum absolute atomic E-state index is 0.0957. The fraction of sp³-hybridized carbons (Fsp3) is 0.292. The van der Waals surface area contributed by atoms with Gasteiger partial charge in [-0.05, 0) is 36.2 Å². The summed E-state index contributed by atoms with van der Waals surface area (Å²) in [5, 5.41) is 4.27. The maximum atomic E-state index is 14.0. The third-order valence-corrected chi connectivity index (χ3v) is 6.11. The Labute approximate surface area is 185 Å². The number of aromatic nitrogens is 2. The van der Waals surface area contributed by atoms with E-state index in [2.05, 4.69) is 16.1 Å². The molecule has 5 rings (SSSR count). The smallest absolute Gasteiger partial charge is 0.274 e. The van der Waals surface area contributed by atoms with E-state index >= 15 is 0 Å². The molecule has 0 N–H and O–H groups in total. The second kappa shape index (κ2) is 8.55. The zero-order valence-corrected chi connectivity index (χ0v) is 17.7. The van der Waals surface area contributed by atoms with Crippen LogP contribution in [0, 0.1) is 5.82 Å². The number of piperazine rings is 1. The van der Waals surface area contributed by atoms with E-state index in [4.69, 9.17) is 0 Å². The van der Waals surface area contributed by atoms with Crippen LogP contribution in [0.25, 0.3) is 5.69 Å². The summed E-state index contributed by atoms with van der Waals surface area (Å²) in [5.74, 6) is -0.480. The first-order valence-corrected chi connectivity index (χ1v) is 10.8. The highest BCUT2D eigenvalue weighted by atomic mass is 19.1. The third-order valence-electron chi connectivity index (χ3n) is 6.11. The standard InChI is InChI=1S/C24H24FN5O2/c25-19-6-2-4-8-22(19)30-12-10-20(26-30)24(32)28-15-13-27(14-16-28)17-23(31)29-11-9-18-5-1-3-7-21(18)29/h1-8,10,12H,9,11,13-17H2. The second-order valence-electron chi connectivity index (χ2n) is 8.09. The molecular formula is C24H24FN5O2. The number of benzene rings is 2. The molecule has 3 heterocycles. The average molecular weight is 433 g/mol. The number of halogens is 1. The number of nitrogens with zero attached hydrogens (tertiary/aromatic N) is 5. The predicted octanol–water partition coefficient (Wildman–Crippen LogP) is 2.36. The van der Waals surface area contributed by atoms with Gasteiger partial charge in [0.15, 0.2) is 5.69 Å². The summed E-state index contributed by atoms with van der Waals surface area (Å²) >= 11 is 0. The van der Waals surface area contributed by atoms with E-state index in [1.807, 2.05) is 23.1 Å². The number of anilines is 1. The molecule has 0 aliphatic carbocycles. The first-order valence-electron chi connectivity index (χ1n) is 10.8. The van der Waals surface area contributed by atoms with Crippen LogP contribution in [0.1, 0.15) is 16.1 Å². The van der Waals surface area contributed by atoms with Gasteiger partial charge < -0.3 is 9.80 Å². The Morgan fingerprint density at radius 2 is 1.59 bits per heavy atom. The topological polar surface area (TPSA) is 61.7 Å². The first kappa shape index (κ1) is 20.4. The number of hydrogen-bond acceptors (Lipinski definition) is 4. The van der Waals surface area contributed by atoms with Gasteiger partial charge in [-0.15, -0.1) is 0 Å². The molecule has 2 amide bonds. The molecule has 32 heavy (non-hydrogen) atoms. The Bertz CT molecular complexity index is 1150. The summed E-state index contributed by atoms with van der Waals surface area (Å²) < 4.78 is 15.4. The maximum Gasteiger partial charge on any atom is 0.274 e. The summed E-state index contributed by atoms with van der Waals surface area (Å²) in [6.07, 6.45) is 2.48. The molecular weight excluding hydrogens is 409 g/mol. The summed E-state index contributed by atoms with van der Waals surface area (Å²) in [6.45, 7) is 3.37. The Kier molecular flexibility index (Phi) is 5.45. The molecule has 2 aromatic carbocycles. The third kappa shape index (κ3) is 3.89. The lowest BCUT2D eigenvalue weighted by Gasteiger charge is -2.34. The molecule has 0 atom stereocenters. The molecule has 2 aliphatic rings. The molecule has 1 aromatic heterocycles. The molecule has 0 unspecified atom stereocenters. The number of hydrogen-bond donors (Lipinski definition) is 0. The van der Waals surface area contributed by atoms with Crippen LogP contribution in [0.2, 0.25) is 0 Å². The SMILES string of the molecule is O=C(c1ccn(-c2ccccc2F)n1)N1CCN(CC(=O)N2CCc3ccccc32)CC1. The number of para-hydroxylation sites is 2. The molecule has 0 spiro atoms. The van der Waals surface area contributed by atoms with Gasteiger partial charge in [-0.3, -0.25) is 14.5 Å². The molecule has 164 valence electrons. The fourth-order valence-corrected chi connectivity index (χ4v) is 4.35. The lowest BCUT2D eigenvalue weighted by Crippen LogP contribution is -2.51. The van der Waals surface area contributed by atoms with Crippen LogP contribution in [0.3, 0.4) is 0 Å². The van der Waals surface area contributed by atoms with Crippen molar-refractivity contribution in [1.82, 2.24) is 19.6 Å². The summed E-state index contributed by atoms with van der Waals surface area (Å²) in [4.78, 5) is 31.4. The molecule has 7 nitrogen and oxygen atoms in total. The first-order chi connectivity index (χ1) is 15.6. The van der Waals surface area contributed by atoms with Crippen LogP contribution in [0.5, 0.6) is 0 Å². The second-order valence-corrected chi connectivity index (χ2v) is 8.09. The molecule has 0 radical (unpaired) electrons. The number of carbonyl (C=O) groups excluding carboxylic acids is 2. The Morgan fingerprint density at radius 1 is 0.875 bits per heavy atom. The van der Waals surface area contributed by atoms with E-state index in [1.165, 1.54) is 16.3 Å². The van der Waals surface area contributed by atoms with Gasteiger partial charge in [0.25, 0.3) is 5.91 Å². The summed E-state index contributed by atoms with van der Waals surface area (Å²) in [7, 11) is 0. The van der Waals surface area contributed by atoms with Crippen molar-refractivity contribution >= 4 is 17.5 Å². The van der Waals surface area contributed by atoms with Crippen molar-refractivity contribution in [2.24, 2.45) is 0 Å². The number of carbonyl (C=O) groups is 2. The van der Waals surface area contributed by atoms with Gasteiger partial charge in [0.2, 0.25) is 5.91 Å². The van der Waals surface area contributed by atoms with Crippen molar-refractivity contribution in [1.29, 1.82) is 0 Å². The Balaban J connectivity index is 1.17. The van der Waals surface area contributed by atoms with Crippen molar-refractivity contribution < 1.29 is 14.0 Å². The van der Waals surface area contributed by atoms with E-state index in [0.717, 1.165) is 18.7 Å². The normalized spacial score (nSPS) is 16.3. The van der Waals surface area contributed by atoms with Crippen LogP contribution in [0.4, 0.5) is 10.1 Å². The highest BCUT2D eigenvalue weighted by Crippen LogP contribution is 2.27. The minimum atomic E-state index is -0.395. The van der Waals surface area contributed by atoms with Crippen molar-refractivity contribution in [2.75, 3.05) is 44.2 Å². The maximum absolute atomic E-state index is 14.0. The summed E-state index contributed by atoms with van der Waals surface area (Å²) in [5.41, 5.74) is 2.81. The predicted molar refractivity (Wildman–Crippen MR) is 118 cm³/mol. The van der Waals surface area contributed by atoms with Gasteiger partial charge in [-0.1, -0.05) is 30.3 Å². The van der Waals surface area contributed by atoms with Gasteiger partial charge >= 0.3 is 0 Å². The molecule has 8 heteroatoms. The van der Waals surface area contributed by atoms with Crippen LogP contribution in [0.15, 0.2) is 60.8 Å². The molecule has 1 saturated heterocycles. The number of rotatable bonds is 4. The Morgan fingerprint density at radius 3 is 2.38 bits per heavy atom. The molecule has 0 bridgehead atoms. The largest absolute Gasteiger partial charge is 0.335 e. The molecule has 3 aromatic rings. The lowest BCUT2D eigenvalue weighted by atomic mass is 10.2. The Hall–Kier alpha value is -3.52. The van der Waals surface area contributed by atoms with Crippen molar-refractivity contribution in [3.05, 3.63) is 77.9 Å². The van der Waals surface area contributed by atoms with E-state index in [1.54, 1.807) is 35.4 Å². The van der Waals surface area contributed by atoms with Gasteiger partial charge in [0.1, 0.15) is 11.5 Å². The highest BCUT2D eigenvalue weighted by Gasteiger charge is 2.28. The zero-order valence-electron chi connectivity index (χ0n) is 17.7. The quantitative estimate of drug-likeness (QED) is 0.634. The van der Waals surface area contributed by atoms with E-state index in [-0.39, 0.29) is 17.5 Å². The molecule has 1 fully saturated rings. The van der Waals surface area contributed by atoms with Crippen molar-refractivity contribution in [3.8, 4) is 5.69 Å². The zero-order chi connectivity index (χ0) is 22.1. The highest BCUT2D eigenvalue weighted by molar-refractivity contribution is 5.97. The van der Waals surface area contributed by atoms with Crippen LogP contribution in [-0.4, -0.2) is 70.7 Å². The summed E-state index contributed by atoms with van der Waals surface area (Å²) in [6, 6.07) is 16.0. The van der Waals surface area contributed by atoms with E-state index in [9.17, 15) is 14.0 Å². The van der Waals surface area contributed by atoms with Crippen LogP contribution < -0.4 is 4.90 Å². The lowest BCUT2D eigenvalue weighted by molar-refractivity contribution is -0.120. The van der Waals surface area contributed by atoms with E-state index < -0.39 is 5.82 Å². The van der Waals surface area contributed by atoms with E-state index in [0.29, 0.717) is 38.4 Å². The van der Waals surface area contributed by atoms with Crippen molar-refractivity contribution in [2.45, 2.75) is 6.42 Å². The van der Waals surface area contributed by atoms with Gasteiger partial charge in [0, 0.05) is 44.6 Å². The van der Waals surface area contributed by atoms with Gasteiger partial charge in [0.05, 0.1) is 6.54 Å².